The Morgan fingerprint density at radius 1 is 1.45 bits per heavy atom. The smallest absolute Gasteiger partial charge is 0.273 e. The standard InChI is InChI=1S/C13H19N3O4/c1-9(7-14-2)8-15-13(17)11-5-4-10(16(18)19)6-12(11)20-3/h4-6,9,14H,7-8H2,1-3H3,(H,15,17). The van der Waals surface area contributed by atoms with Gasteiger partial charge in [0.15, 0.2) is 0 Å². The van der Waals surface area contributed by atoms with E-state index < -0.39 is 4.92 Å². The molecule has 0 aliphatic heterocycles. The molecule has 110 valence electrons. The Hall–Kier alpha value is -2.15. The van der Waals surface area contributed by atoms with Crippen LogP contribution < -0.4 is 15.4 Å². The van der Waals surface area contributed by atoms with Gasteiger partial charge in [0.05, 0.1) is 23.7 Å². The number of hydrogen-bond acceptors (Lipinski definition) is 5. The van der Waals surface area contributed by atoms with Crippen molar-refractivity contribution in [1.29, 1.82) is 0 Å². The van der Waals surface area contributed by atoms with Crippen molar-refractivity contribution in [3.8, 4) is 5.75 Å². The highest BCUT2D eigenvalue weighted by atomic mass is 16.6. The molecule has 0 radical (unpaired) electrons. The normalized spacial score (nSPS) is 11.8. The van der Waals surface area contributed by atoms with Gasteiger partial charge >= 0.3 is 0 Å². The molecule has 0 saturated heterocycles. The van der Waals surface area contributed by atoms with E-state index in [1.54, 1.807) is 0 Å². The zero-order valence-electron chi connectivity index (χ0n) is 11.8. The monoisotopic (exact) mass is 281 g/mol. The molecule has 0 bridgehead atoms. The van der Waals surface area contributed by atoms with E-state index in [0.29, 0.717) is 6.54 Å². The van der Waals surface area contributed by atoms with Gasteiger partial charge in [0.1, 0.15) is 5.75 Å². The van der Waals surface area contributed by atoms with E-state index in [-0.39, 0.29) is 28.8 Å². The van der Waals surface area contributed by atoms with Crippen molar-refractivity contribution in [2.75, 3.05) is 27.2 Å². The Balaban J connectivity index is 2.79. The number of ether oxygens (including phenoxy) is 1. The minimum Gasteiger partial charge on any atom is -0.496 e. The average molecular weight is 281 g/mol. The Kier molecular flexibility index (Phi) is 5.92. The van der Waals surface area contributed by atoms with E-state index >= 15 is 0 Å². The number of nitrogens with one attached hydrogen (secondary N) is 2. The van der Waals surface area contributed by atoms with E-state index in [0.717, 1.165) is 6.54 Å². The molecular weight excluding hydrogens is 262 g/mol. The number of carbonyl (C=O) groups excluding carboxylic acids is 1. The summed E-state index contributed by atoms with van der Waals surface area (Å²) in [6.45, 7) is 3.31. The maximum absolute atomic E-state index is 12.0. The summed E-state index contributed by atoms with van der Waals surface area (Å²) in [6, 6.07) is 3.93. The molecule has 1 aromatic carbocycles. The van der Waals surface area contributed by atoms with Crippen LogP contribution in [0.2, 0.25) is 0 Å². The van der Waals surface area contributed by atoms with Crippen LogP contribution in [0.1, 0.15) is 17.3 Å². The molecule has 0 spiro atoms. The number of amides is 1. The molecule has 0 fully saturated rings. The molecule has 0 aliphatic carbocycles. The zero-order valence-corrected chi connectivity index (χ0v) is 11.8. The van der Waals surface area contributed by atoms with Crippen molar-refractivity contribution in [2.45, 2.75) is 6.92 Å². The van der Waals surface area contributed by atoms with Gasteiger partial charge in [0, 0.05) is 12.6 Å². The second kappa shape index (κ2) is 7.44. The highest BCUT2D eigenvalue weighted by Crippen LogP contribution is 2.24. The van der Waals surface area contributed by atoms with Gasteiger partial charge in [-0.25, -0.2) is 0 Å². The van der Waals surface area contributed by atoms with Crippen LogP contribution in [0.15, 0.2) is 18.2 Å². The van der Waals surface area contributed by atoms with Gasteiger partial charge in [-0.1, -0.05) is 6.92 Å². The fourth-order valence-corrected chi connectivity index (χ4v) is 1.76. The van der Waals surface area contributed by atoms with Crippen LogP contribution in [0.3, 0.4) is 0 Å². The fourth-order valence-electron chi connectivity index (χ4n) is 1.76. The molecule has 0 aromatic heterocycles. The molecule has 1 amide bonds. The van der Waals surface area contributed by atoms with Gasteiger partial charge in [-0.3, -0.25) is 14.9 Å². The Morgan fingerprint density at radius 3 is 2.70 bits per heavy atom. The molecule has 0 heterocycles. The Morgan fingerprint density at radius 2 is 2.15 bits per heavy atom. The summed E-state index contributed by atoms with van der Waals surface area (Å²) in [7, 11) is 3.22. The van der Waals surface area contributed by atoms with Crippen molar-refractivity contribution in [1.82, 2.24) is 10.6 Å². The van der Waals surface area contributed by atoms with Crippen LogP contribution in [0.5, 0.6) is 5.75 Å². The van der Waals surface area contributed by atoms with Gasteiger partial charge < -0.3 is 15.4 Å². The summed E-state index contributed by atoms with van der Waals surface area (Å²) in [5.41, 5.74) is 0.178. The van der Waals surface area contributed by atoms with Crippen molar-refractivity contribution in [2.24, 2.45) is 5.92 Å². The topological polar surface area (TPSA) is 93.5 Å². The van der Waals surface area contributed by atoms with Gasteiger partial charge in [-0.15, -0.1) is 0 Å². The second-order valence-corrected chi connectivity index (χ2v) is 4.51. The molecule has 2 N–H and O–H groups in total. The molecule has 7 nitrogen and oxygen atoms in total. The maximum atomic E-state index is 12.0. The Labute approximate surface area is 117 Å². The number of methoxy groups -OCH3 is 1. The quantitative estimate of drug-likeness (QED) is 0.578. The first kappa shape index (κ1) is 15.9. The van der Waals surface area contributed by atoms with Crippen LogP contribution in [-0.4, -0.2) is 38.1 Å². The second-order valence-electron chi connectivity index (χ2n) is 4.51. The number of nitro groups is 1. The predicted octanol–water partition coefficient (Wildman–Crippen LogP) is 1.19. The Bertz CT molecular complexity index is 491. The minimum atomic E-state index is -0.529. The zero-order chi connectivity index (χ0) is 15.1. The van der Waals surface area contributed by atoms with Gasteiger partial charge in [0.25, 0.3) is 11.6 Å². The summed E-state index contributed by atoms with van der Waals surface area (Å²) in [5, 5.41) is 16.5. The van der Waals surface area contributed by atoms with E-state index in [1.165, 1.54) is 25.3 Å². The van der Waals surface area contributed by atoms with E-state index in [1.807, 2.05) is 14.0 Å². The van der Waals surface area contributed by atoms with E-state index in [4.69, 9.17) is 4.74 Å². The van der Waals surface area contributed by atoms with Crippen LogP contribution in [0, 0.1) is 16.0 Å². The van der Waals surface area contributed by atoms with E-state index in [9.17, 15) is 14.9 Å². The maximum Gasteiger partial charge on any atom is 0.273 e. The summed E-state index contributed by atoms with van der Waals surface area (Å²) in [5.74, 6) is 0.172. The number of nitrogens with zero attached hydrogens (tertiary/aromatic N) is 1. The highest BCUT2D eigenvalue weighted by molar-refractivity contribution is 5.97. The van der Waals surface area contributed by atoms with Gasteiger partial charge in [-0.2, -0.15) is 0 Å². The molecule has 0 saturated carbocycles. The van der Waals surface area contributed by atoms with Gasteiger partial charge in [-0.05, 0) is 25.6 Å². The molecule has 1 atom stereocenters. The lowest BCUT2D eigenvalue weighted by molar-refractivity contribution is -0.384. The van der Waals surface area contributed by atoms with Crippen LogP contribution in [0.4, 0.5) is 5.69 Å². The van der Waals surface area contributed by atoms with Crippen LogP contribution in [-0.2, 0) is 0 Å². The molecular formula is C13H19N3O4. The first-order valence-corrected chi connectivity index (χ1v) is 6.24. The van der Waals surface area contributed by atoms with E-state index in [2.05, 4.69) is 10.6 Å². The predicted molar refractivity (Wildman–Crippen MR) is 75.1 cm³/mol. The van der Waals surface area contributed by atoms with Crippen molar-refractivity contribution in [3.63, 3.8) is 0 Å². The fraction of sp³-hybridized carbons (Fsp3) is 0.462. The molecule has 20 heavy (non-hydrogen) atoms. The number of benzene rings is 1. The summed E-state index contributed by atoms with van der Waals surface area (Å²) < 4.78 is 5.03. The first-order chi connectivity index (χ1) is 9.49. The number of nitro benzene ring substituents is 1. The third-order valence-electron chi connectivity index (χ3n) is 2.80. The van der Waals surface area contributed by atoms with Crippen molar-refractivity contribution in [3.05, 3.63) is 33.9 Å². The number of hydrogen-bond donors (Lipinski definition) is 2. The first-order valence-electron chi connectivity index (χ1n) is 6.24. The van der Waals surface area contributed by atoms with Crippen LogP contribution >= 0.6 is 0 Å². The molecule has 7 heteroatoms. The lowest BCUT2D eigenvalue weighted by atomic mass is 10.1. The van der Waals surface area contributed by atoms with Gasteiger partial charge in [0.2, 0.25) is 0 Å². The molecule has 1 unspecified atom stereocenters. The molecule has 1 aromatic rings. The summed E-state index contributed by atoms with van der Waals surface area (Å²) in [4.78, 5) is 22.2. The third kappa shape index (κ3) is 4.20. The number of rotatable bonds is 7. The molecule has 1 rings (SSSR count). The lowest BCUT2D eigenvalue weighted by Crippen LogP contribution is -2.32. The minimum absolute atomic E-state index is 0.109. The van der Waals surface area contributed by atoms with Crippen LogP contribution in [0.25, 0.3) is 0 Å². The number of non-ortho nitro benzene ring substituents is 1. The SMILES string of the molecule is CNCC(C)CNC(=O)c1ccc([N+](=O)[O-])cc1OC. The average Bonchev–Trinajstić information content (AvgIpc) is 2.44. The third-order valence-corrected chi connectivity index (χ3v) is 2.80. The summed E-state index contributed by atoms with van der Waals surface area (Å²) >= 11 is 0. The van der Waals surface area contributed by atoms with Crippen molar-refractivity contribution >= 4 is 11.6 Å². The van der Waals surface area contributed by atoms with Crippen molar-refractivity contribution < 1.29 is 14.5 Å². The number of carbonyl (C=O) groups is 1. The largest absolute Gasteiger partial charge is 0.496 e. The summed E-state index contributed by atoms with van der Waals surface area (Å²) in [6.07, 6.45) is 0. The molecule has 0 aliphatic rings. The highest BCUT2D eigenvalue weighted by Gasteiger charge is 2.17. The lowest BCUT2D eigenvalue weighted by Gasteiger charge is -2.13.